The summed E-state index contributed by atoms with van der Waals surface area (Å²) >= 11 is 3.38. The van der Waals surface area contributed by atoms with Crippen LogP contribution in [0.5, 0.6) is 0 Å². The van der Waals surface area contributed by atoms with Crippen LogP contribution in [0.4, 0.5) is 0 Å². The highest BCUT2D eigenvalue weighted by Gasteiger charge is 2.21. The molecule has 1 saturated heterocycles. The van der Waals surface area contributed by atoms with E-state index >= 15 is 0 Å². The van der Waals surface area contributed by atoms with E-state index < -0.39 is 0 Å². The molecule has 26 heavy (non-hydrogen) atoms. The van der Waals surface area contributed by atoms with Gasteiger partial charge in [0.05, 0.1) is 12.6 Å². The molecule has 1 aliphatic heterocycles. The highest BCUT2D eigenvalue weighted by atomic mass is 79.9. The molecule has 1 heterocycles. The van der Waals surface area contributed by atoms with Crippen LogP contribution in [0, 0.1) is 0 Å². The van der Waals surface area contributed by atoms with Gasteiger partial charge in [0.2, 0.25) is 0 Å². The Kier molecular flexibility index (Phi) is 8.91. The number of aliphatic imine (C=N–C) groups is 1. The Labute approximate surface area is 164 Å². The molecule has 0 aliphatic carbocycles. The Morgan fingerprint density at radius 3 is 2.73 bits per heavy atom. The van der Waals surface area contributed by atoms with Gasteiger partial charge in [0, 0.05) is 42.8 Å². The SMILES string of the molecule is CCNC(=NCCNC(=O)c1cccc(Br)c1)N1CCC(OCC)CC1. The molecule has 7 heteroatoms. The van der Waals surface area contributed by atoms with Gasteiger partial charge in [-0.3, -0.25) is 9.79 Å². The number of likely N-dealkylation sites (tertiary alicyclic amines) is 1. The van der Waals surface area contributed by atoms with E-state index in [-0.39, 0.29) is 5.91 Å². The van der Waals surface area contributed by atoms with Crippen molar-refractivity contribution in [1.82, 2.24) is 15.5 Å². The number of hydrogen-bond donors (Lipinski definition) is 2. The van der Waals surface area contributed by atoms with Crippen LogP contribution in [0.2, 0.25) is 0 Å². The summed E-state index contributed by atoms with van der Waals surface area (Å²) in [6.07, 6.45) is 2.42. The number of carbonyl (C=O) groups is 1. The molecule has 6 nitrogen and oxygen atoms in total. The van der Waals surface area contributed by atoms with Gasteiger partial charge in [-0.2, -0.15) is 0 Å². The minimum Gasteiger partial charge on any atom is -0.378 e. The summed E-state index contributed by atoms with van der Waals surface area (Å²) in [5.74, 6) is 0.836. The van der Waals surface area contributed by atoms with Crippen molar-refractivity contribution in [2.75, 3.05) is 39.3 Å². The lowest BCUT2D eigenvalue weighted by molar-refractivity contribution is 0.0264. The van der Waals surface area contributed by atoms with Crippen molar-refractivity contribution >= 4 is 27.8 Å². The number of hydrogen-bond acceptors (Lipinski definition) is 3. The zero-order valence-corrected chi connectivity index (χ0v) is 17.2. The van der Waals surface area contributed by atoms with Gasteiger partial charge >= 0.3 is 0 Å². The molecule has 1 aromatic rings. The molecule has 0 unspecified atom stereocenters. The lowest BCUT2D eigenvalue weighted by Gasteiger charge is -2.34. The molecule has 0 saturated carbocycles. The Balaban J connectivity index is 1.80. The monoisotopic (exact) mass is 424 g/mol. The zero-order valence-electron chi connectivity index (χ0n) is 15.6. The van der Waals surface area contributed by atoms with Crippen molar-refractivity contribution < 1.29 is 9.53 Å². The Bertz CT molecular complexity index is 601. The Hall–Kier alpha value is -1.60. The van der Waals surface area contributed by atoms with Crippen LogP contribution in [0.15, 0.2) is 33.7 Å². The zero-order chi connectivity index (χ0) is 18.8. The fourth-order valence-electron chi connectivity index (χ4n) is 2.96. The van der Waals surface area contributed by atoms with Crippen molar-refractivity contribution in [1.29, 1.82) is 0 Å². The molecular formula is C19H29BrN4O2. The van der Waals surface area contributed by atoms with E-state index in [0.717, 1.165) is 49.5 Å². The molecule has 2 N–H and O–H groups in total. The maximum atomic E-state index is 12.1. The van der Waals surface area contributed by atoms with E-state index in [0.29, 0.717) is 24.8 Å². The second-order valence-electron chi connectivity index (χ2n) is 6.14. The van der Waals surface area contributed by atoms with Gasteiger partial charge in [0.1, 0.15) is 0 Å². The average molecular weight is 425 g/mol. The molecule has 0 aromatic heterocycles. The van der Waals surface area contributed by atoms with Gasteiger partial charge in [-0.25, -0.2) is 0 Å². The van der Waals surface area contributed by atoms with E-state index in [1.54, 1.807) is 6.07 Å². The quantitative estimate of drug-likeness (QED) is 0.401. The fraction of sp³-hybridized carbons (Fsp3) is 0.579. The maximum absolute atomic E-state index is 12.1. The van der Waals surface area contributed by atoms with Gasteiger partial charge in [-0.05, 0) is 44.9 Å². The average Bonchev–Trinajstić information content (AvgIpc) is 2.65. The predicted molar refractivity (Wildman–Crippen MR) is 109 cm³/mol. The minimum atomic E-state index is -0.0796. The third-order valence-corrected chi connectivity index (χ3v) is 4.72. The molecule has 1 amide bonds. The first-order chi connectivity index (χ1) is 12.6. The van der Waals surface area contributed by atoms with E-state index in [1.807, 2.05) is 25.1 Å². The summed E-state index contributed by atoms with van der Waals surface area (Å²) in [4.78, 5) is 19.1. The van der Waals surface area contributed by atoms with Crippen LogP contribution in [0.1, 0.15) is 37.0 Å². The van der Waals surface area contributed by atoms with Gasteiger partial charge in [-0.15, -0.1) is 0 Å². The van der Waals surface area contributed by atoms with Crippen molar-refractivity contribution in [3.63, 3.8) is 0 Å². The van der Waals surface area contributed by atoms with Crippen LogP contribution < -0.4 is 10.6 Å². The van der Waals surface area contributed by atoms with E-state index in [4.69, 9.17) is 4.74 Å². The summed E-state index contributed by atoms with van der Waals surface area (Å²) in [6, 6.07) is 7.37. The summed E-state index contributed by atoms with van der Waals surface area (Å²) in [7, 11) is 0. The number of ether oxygens (including phenoxy) is 1. The Morgan fingerprint density at radius 2 is 2.08 bits per heavy atom. The molecule has 0 radical (unpaired) electrons. The first-order valence-corrected chi connectivity index (χ1v) is 10.1. The van der Waals surface area contributed by atoms with Gasteiger partial charge in [-0.1, -0.05) is 22.0 Å². The fourth-order valence-corrected chi connectivity index (χ4v) is 3.36. The number of rotatable bonds is 7. The van der Waals surface area contributed by atoms with E-state index in [2.05, 4.69) is 43.4 Å². The summed E-state index contributed by atoms with van der Waals surface area (Å²) in [6.45, 7) is 8.66. The molecule has 2 rings (SSSR count). The smallest absolute Gasteiger partial charge is 0.251 e. The number of benzene rings is 1. The van der Waals surface area contributed by atoms with E-state index in [9.17, 15) is 4.79 Å². The van der Waals surface area contributed by atoms with Gasteiger partial charge < -0.3 is 20.3 Å². The number of carbonyl (C=O) groups excluding carboxylic acids is 1. The molecule has 1 fully saturated rings. The number of guanidine groups is 1. The number of piperidine rings is 1. The topological polar surface area (TPSA) is 66.0 Å². The third-order valence-electron chi connectivity index (χ3n) is 4.22. The lowest BCUT2D eigenvalue weighted by Crippen LogP contribution is -2.47. The van der Waals surface area contributed by atoms with Crippen molar-refractivity contribution in [3.05, 3.63) is 34.3 Å². The lowest BCUT2D eigenvalue weighted by atomic mass is 10.1. The number of amides is 1. The first kappa shape index (κ1) is 20.7. The third kappa shape index (κ3) is 6.61. The highest BCUT2D eigenvalue weighted by molar-refractivity contribution is 9.10. The molecule has 144 valence electrons. The highest BCUT2D eigenvalue weighted by Crippen LogP contribution is 2.14. The Morgan fingerprint density at radius 1 is 1.31 bits per heavy atom. The molecule has 1 aliphatic rings. The van der Waals surface area contributed by atoms with Gasteiger partial charge in [0.15, 0.2) is 5.96 Å². The minimum absolute atomic E-state index is 0.0796. The molecular weight excluding hydrogens is 396 g/mol. The standard InChI is InChI=1S/C19H29BrN4O2/c1-3-21-19(24-12-8-17(9-13-24)26-4-2)23-11-10-22-18(25)15-6-5-7-16(20)14-15/h5-7,14,17H,3-4,8-13H2,1-2H3,(H,21,23)(H,22,25). The summed E-state index contributed by atoms with van der Waals surface area (Å²) < 4.78 is 6.60. The second-order valence-corrected chi connectivity index (χ2v) is 7.06. The van der Waals surface area contributed by atoms with Crippen molar-refractivity contribution in [2.24, 2.45) is 4.99 Å². The predicted octanol–water partition coefficient (Wildman–Crippen LogP) is 2.65. The number of halogens is 1. The number of nitrogens with one attached hydrogen (secondary N) is 2. The molecule has 1 aromatic carbocycles. The molecule has 0 bridgehead atoms. The van der Waals surface area contributed by atoms with Crippen LogP contribution in [-0.2, 0) is 4.74 Å². The van der Waals surface area contributed by atoms with Crippen molar-refractivity contribution in [2.45, 2.75) is 32.8 Å². The molecule has 0 spiro atoms. The van der Waals surface area contributed by atoms with E-state index in [1.165, 1.54) is 0 Å². The summed E-state index contributed by atoms with van der Waals surface area (Å²) in [5.41, 5.74) is 0.647. The molecule has 0 atom stereocenters. The van der Waals surface area contributed by atoms with Crippen molar-refractivity contribution in [3.8, 4) is 0 Å². The normalized spacial score (nSPS) is 15.8. The number of nitrogens with zero attached hydrogens (tertiary/aromatic N) is 2. The maximum Gasteiger partial charge on any atom is 0.251 e. The van der Waals surface area contributed by atoms with Gasteiger partial charge in [0.25, 0.3) is 5.91 Å². The van der Waals surface area contributed by atoms with Crippen LogP contribution >= 0.6 is 15.9 Å². The van der Waals surface area contributed by atoms with Crippen LogP contribution in [0.3, 0.4) is 0 Å². The summed E-state index contributed by atoms with van der Waals surface area (Å²) in [5, 5.41) is 6.26. The second kappa shape index (κ2) is 11.2. The van der Waals surface area contributed by atoms with Crippen LogP contribution in [0.25, 0.3) is 0 Å². The largest absolute Gasteiger partial charge is 0.378 e. The first-order valence-electron chi connectivity index (χ1n) is 9.32. The van der Waals surface area contributed by atoms with Crippen LogP contribution in [-0.4, -0.2) is 62.2 Å².